The third-order valence-corrected chi connectivity index (χ3v) is 4.31. The second-order valence-electron chi connectivity index (χ2n) is 4.30. The number of benzene rings is 1. The molecule has 108 valence electrons. The van der Waals surface area contributed by atoms with Gasteiger partial charge < -0.3 is 5.73 Å². The Bertz CT molecular complexity index is 611. The molecule has 3 N–H and O–H groups in total. The van der Waals surface area contributed by atoms with Crippen molar-refractivity contribution in [3.8, 4) is 0 Å². The van der Waals surface area contributed by atoms with Gasteiger partial charge in [0.2, 0.25) is 5.91 Å². The van der Waals surface area contributed by atoms with Crippen LogP contribution in [0, 0.1) is 0 Å². The van der Waals surface area contributed by atoms with Crippen LogP contribution in [-0.4, -0.2) is 22.7 Å². The van der Waals surface area contributed by atoms with Gasteiger partial charge in [-0.15, -0.1) is 36.6 Å². The summed E-state index contributed by atoms with van der Waals surface area (Å²) in [6, 6.07) is 9.86. The van der Waals surface area contributed by atoms with Crippen LogP contribution in [-0.2, 0) is 4.79 Å². The lowest BCUT2D eigenvalue weighted by molar-refractivity contribution is -0.119. The summed E-state index contributed by atoms with van der Waals surface area (Å²) in [7, 11) is 0. The number of fused-ring (bicyclic) bond motifs is 1. The molecular formula is C13H15Cl2N3OS. The van der Waals surface area contributed by atoms with Crippen molar-refractivity contribution in [3.63, 3.8) is 0 Å². The Hall–Kier alpha value is -1.01. The average molecular weight is 332 g/mol. The van der Waals surface area contributed by atoms with Gasteiger partial charge in [0.25, 0.3) is 0 Å². The standard InChI is InChI=1S/C13H13N3OS.2ClH/c14-12(17)11-7-18-13(16-11)9-5-8-3-1-2-4-10(8)15-6-9;;/h1-6,11,13,16H,7H2,(H2,14,17);2*1H. The van der Waals surface area contributed by atoms with Crippen molar-refractivity contribution in [1.82, 2.24) is 10.3 Å². The van der Waals surface area contributed by atoms with E-state index in [1.54, 1.807) is 11.8 Å². The zero-order chi connectivity index (χ0) is 12.5. The smallest absolute Gasteiger partial charge is 0.235 e. The van der Waals surface area contributed by atoms with Crippen LogP contribution in [0.2, 0.25) is 0 Å². The SMILES string of the molecule is Cl.Cl.NC(=O)C1CSC(c2cnc3ccccc3c2)N1. The first-order valence-corrected chi connectivity index (χ1v) is 6.80. The molecule has 1 aliphatic heterocycles. The Kier molecular flexibility index (Phi) is 6.07. The van der Waals surface area contributed by atoms with E-state index in [2.05, 4.69) is 16.4 Å². The largest absolute Gasteiger partial charge is 0.368 e. The number of carbonyl (C=O) groups excluding carboxylic acids is 1. The molecule has 3 rings (SSSR count). The summed E-state index contributed by atoms with van der Waals surface area (Å²) in [4.78, 5) is 15.5. The van der Waals surface area contributed by atoms with Gasteiger partial charge in [-0.25, -0.2) is 0 Å². The number of carbonyl (C=O) groups is 1. The lowest BCUT2D eigenvalue weighted by Crippen LogP contribution is -2.38. The quantitative estimate of drug-likeness (QED) is 0.885. The Labute approximate surface area is 133 Å². The van der Waals surface area contributed by atoms with Crippen molar-refractivity contribution in [3.05, 3.63) is 42.1 Å². The second-order valence-corrected chi connectivity index (χ2v) is 5.43. The van der Waals surface area contributed by atoms with Crippen molar-refractivity contribution in [2.45, 2.75) is 11.4 Å². The van der Waals surface area contributed by atoms with Gasteiger partial charge in [-0.2, -0.15) is 0 Å². The molecular weight excluding hydrogens is 317 g/mol. The van der Waals surface area contributed by atoms with E-state index >= 15 is 0 Å². The second kappa shape index (κ2) is 7.13. The first kappa shape index (κ1) is 17.0. The minimum Gasteiger partial charge on any atom is -0.368 e. The van der Waals surface area contributed by atoms with E-state index in [1.165, 1.54) is 0 Å². The molecule has 2 heterocycles. The molecule has 0 saturated carbocycles. The topological polar surface area (TPSA) is 68.0 Å². The number of nitrogens with two attached hydrogens (primary N) is 1. The Morgan fingerprint density at radius 1 is 1.35 bits per heavy atom. The minimum atomic E-state index is -0.293. The number of hydrogen-bond donors (Lipinski definition) is 2. The number of thioether (sulfide) groups is 1. The number of hydrogen-bond acceptors (Lipinski definition) is 4. The number of primary amides is 1. The fourth-order valence-corrected chi connectivity index (χ4v) is 3.29. The summed E-state index contributed by atoms with van der Waals surface area (Å²) in [5.41, 5.74) is 7.37. The maximum atomic E-state index is 11.1. The maximum Gasteiger partial charge on any atom is 0.235 e. The average Bonchev–Trinajstić information content (AvgIpc) is 2.88. The molecule has 7 heteroatoms. The van der Waals surface area contributed by atoms with E-state index in [0.717, 1.165) is 16.5 Å². The zero-order valence-corrected chi connectivity index (χ0v) is 12.9. The monoisotopic (exact) mass is 331 g/mol. The van der Waals surface area contributed by atoms with Crippen LogP contribution in [0.5, 0.6) is 0 Å². The summed E-state index contributed by atoms with van der Waals surface area (Å²) in [6.45, 7) is 0. The summed E-state index contributed by atoms with van der Waals surface area (Å²) >= 11 is 1.69. The molecule has 0 aliphatic carbocycles. The van der Waals surface area contributed by atoms with Gasteiger partial charge in [-0.05, 0) is 17.7 Å². The fraction of sp³-hybridized carbons (Fsp3) is 0.231. The van der Waals surface area contributed by atoms with Crippen LogP contribution in [0.15, 0.2) is 36.5 Å². The Balaban J connectivity index is 0.000001000. The van der Waals surface area contributed by atoms with Crippen molar-refractivity contribution < 1.29 is 4.79 Å². The van der Waals surface area contributed by atoms with E-state index in [-0.39, 0.29) is 42.1 Å². The summed E-state index contributed by atoms with van der Waals surface area (Å²) in [5, 5.41) is 4.43. The number of amides is 1. The molecule has 0 radical (unpaired) electrons. The van der Waals surface area contributed by atoms with Crippen LogP contribution < -0.4 is 11.1 Å². The van der Waals surface area contributed by atoms with Crippen LogP contribution in [0.4, 0.5) is 0 Å². The van der Waals surface area contributed by atoms with Crippen molar-refractivity contribution >= 4 is 53.4 Å². The Morgan fingerprint density at radius 2 is 2.10 bits per heavy atom. The highest BCUT2D eigenvalue weighted by Gasteiger charge is 2.29. The van der Waals surface area contributed by atoms with E-state index in [1.807, 2.05) is 30.5 Å². The van der Waals surface area contributed by atoms with Gasteiger partial charge in [-0.3, -0.25) is 15.1 Å². The molecule has 2 atom stereocenters. The molecule has 4 nitrogen and oxygen atoms in total. The van der Waals surface area contributed by atoms with Crippen molar-refractivity contribution in [2.75, 3.05) is 5.75 Å². The predicted molar refractivity (Wildman–Crippen MR) is 87.6 cm³/mol. The minimum absolute atomic E-state index is 0. The third kappa shape index (κ3) is 3.35. The molecule has 0 bridgehead atoms. The molecule has 0 spiro atoms. The van der Waals surface area contributed by atoms with Crippen molar-refractivity contribution in [1.29, 1.82) is 0 Å². The summed E-state index contributed by atoms with van der Waals surface area (Å²) < 4.78 is 0. The molecule has 20 heavy (non-hydrogen) atoms. The predicted octanol–water partition coefficient (Wildman–Crippen LogP) is 2.27. The normalized spacial score (nSPS) is 21.0. The van der Waals surface area contributed by atoms with Gasteiger partial charge in [-0.1, -0.05) is 18.2 Å². The highest BCUT2D eigenvalue weighted by atomic mass is 35.5. The lowest BCUT2D eigenvalue weighted by Gasteiger charge is -2.11. The number of para-hydroxylation sites is 1. The number of nitrogens with one attached hydrogen (secondary N) is 1. The van der Waals surface area contributed by atoms with E-state index in [9.17, 15) is 4.79 Å². The number of aromatic nitrogens is 1. The van der Waals surface area contributed by atoms with Crippen LogP contribution in [0.3, 0.4) is 0 Å². The highest BCUT2D eigenvalue weighted by Crippen LogP contribution is 2.33. The van der Waals surface area contributed by atoms with E-state index < -0.39 is 0 Å². The molecule has 1 saturated heterocycles. The maximum absolute atomic E-state index is 11.1. The van der Waals surface area contributed by atoms with Crippen LogP contribution in [0.25, 0.3) is 10.9 Å². The van der Waals surface area contributed by atoms with Gasteiger partial charge in [0.05, 0.1) is 16.9 Å². The van der Waals surface area contributed by atoms with E-state index in [4.69, 9.17) is 5.73 Å². The fourth-order valence-electron chi connectivity index (χ4n) is 2.06. The summed E-state index contributed by atoms with van der Waals surface area (Å²) in [5.74, 6) is 0.422. The van der Waals surface area contributed by atoms with Crippen molar-refractivity contribution in [2.24, 2.45) is 5.73 Å². The van der Waals surface area contributed by atoms with Gasteiger partial charge in [0.15, 0.2) is 0 Å². The number of halogens is 2. The molecule has 2 unspecified atom stereocenters. The van der Waals surface area contributed by atoms with Crippen LogP contribution >= 0.6 is 36.6 Å². The summed E-state index contributed by atoms with van der Waals surface area (Å²) in [6.07, 6.45) is 1.86. The molecule has 1 aliphatic rings. The number of nitrogens with zero attached hydrogens (tertiary/aromatic N) is 1. The van der Waals surface area contributed by atoms with Crippen LogP contribution in [0.1, 0.15) is 10.9 Å². The first-order valence-electron chi connectivity index (χ1n) is 5.76. The number of rotatable bonds is 2. The molecule has 1 aromatic carbocycles. The Morgan fingerprint density at radius 3 is 2.80 bits per heavy atom. The third-order valence-electron chi connectivity index (χ3n) is 3.04. The van der Waals surface area contributed by atoms with Gasteiger partial charge >= 0.3 is 0 Å². The molecule has 1 amide bonds. The molecule has 1 aromatic heterocycles. The van der Waals surface area contributed by atoms with Gasteiger partial charge in [0, 0.05) is 17.3 Å². The molecule has 2 aromatic rings. The molecule has 1 fully saturated rings. The zero-order valence-electron chi connectivity index (χ0n) is 10.5. The lowest BCUT2D eigenvalue weighted by atomic mass is 10.1. The van der Waals surface area contributed by atoms with Gasteiger partial charge in [0.1, 0.15) is 0 Å². The van der Waals surface area contributed by atoms with E-state index in [0.29, 0.717) is 5.75 Å². The highest BCUT2D eigenvalue weighted by molar-refractivity contribution is 7.99. The first-order chi connectivity index (χ1) is 8.74. The number of pyridine rings is 1.